The van der Waals surface area contributed by atoms with Gasteiger partial charge in [-0.3, -0.25) is 0 Å². The van der Waals surface area contributed by atoms with Gasteiger partial charge in [-0.2, -0.15) is 10.1 Å². The summed E-state index contributed by atoms with van der Waals surface area (Å²) in [6.07, 6.45) is 3.70. The van der Waals surface area contributed by atoms with Crippen molar-refractivity contribution in [1.29, 1.82) is 0 Å². The van der Waals surface area contributed by atoms with Gasteiger partial charge in [-0.1, -0.05) is 54.1 Å². The second-order valence-corrected chi connectivity index (χ2v) is 6.10. The van der Waals surface area contributed by atoms with Crippen molar-refractivity contribution in [1.82, 2.24) is 15.2 Å². The molecule has 0 saturated heterocycles. The van der Waals surface area contributed by atoms with Gasteiger partial charge in [0.15, 0.2) is 0 Å². The lowest BCUT2D eigenvalue weighted by Crippen LogP contribution is -2.09. The Balaban J connectivity index is 1.45. The molecule has 0 saturated carbocycles. The average Bonchev–Trinajstić information content (AvgIpc) is 2.66. The third kappa shape index (κ3) is 5.72. The first-order chi connectivity index (χ1) is 12.3. The standard InChI is InChI=1S/C19H20ClN5/c20-17-10-8-16(9-11-17)13-22-19-24-18(14-23-25-19)21-12-4-7-15-5-2-1-3-6-15/h1-3,5-6,8-11,14H,4,7,12-13H2,(H2,21,22,24,25). The van der Waals surface area contributed by atoms with E-state index in [1.54, 1.807) is 6.20 Å². The lowest BCUT2D eigenvalue weighted by atomic mass is 10.1. The molecule has 0 aliphatic heterocycles. The number of nitrogens with one attached hydrogen (secondary N) is 2. The average molecular weight is 354 g/mol. The van der Waals surface area contributed by atoms with Crippen LogP contribution in [0, 0.1) is 0 Å². The van der Waals surface area contributed by atoms with Crippen molar-refractivity contribution in [3.63, 3.8) is 0 Å². The monoisotopic (exact) mass is 353 g/mol. The number of aromatic nitrogens is 3. The van der Waals surface area contributed by atoms with E-state index in [9.17, 15) is 0 Å². The van der Waals surface area contributed by atoms with E-state index in [1.807, 2.05) is 30.3 Å². The molecule has 0 fully saturated rings. The third-order valence-corrected chi connectivity index (χ3v) is 3.97. The molecule has 2 aromatic carbocycles. The Hall–Kier alpha value is -2.66. The van der Waals surface area contributed by atoms with E-state index >= 15 is 0 Å². The van der Waals surface area contributed by atoms with Gasteiger partial charge in [-0.25, -0.2) is 0 Å². The highest BCUT2D eigenvalue weighted by Gasteiger charge is 2.01. The zero-order valence-corrected chi connectivity index (χ0v) is 14.6. The maximum absolute atomic E-state index is 5.89. The number of hydrogen-bond donors (Lipinski definition) is 2. The summed E-state index contributed by atoms with van der Waals surface area (Å²) < 4.78 is 0. The summed E-state index contributed by atoms with van der Waals surface area (Å²) in [5.41, 5.74) is 2.45. The quantitative estimate of drug-likeness (QED) is 0.595. The first-order valence-corrected chi connectivity index (χ1v) is 8.63. The first kappa shape index (κ1) is 17.2. The summed E-state index contributed by atoms with van der Waals surface area (Å²) in [5.74, 6) is 1.23. The van der Waals surface area contributed by atoms with Crippen LogP contribution in [0.5, 0.6) is 0 Å². The van der Waals surface area contributed by atoms with Gasteiger partial charge in [-0.05, 0) is 36.1 Å². The predicted octanol–water partition coefficient (Wildman–Crippen LogP) is 4.18. The maximum Gasteiger partial charge on any atom is 0.244 e. The fourth-order valence-electron chi connectivity index (χ4n) is 2.40. The highest BCUT2D eigenvalue weighted by atomic mass is 35.5. The highest BCUT2D eigenvalue weighted by Crippen LogP contribution is 2.11. The normalized spacial score (nSPS) is 10.4. The number of benzene rings is 2. The number of aryl methyl sites for hydroxylation is 1. The van der Waals surface area contributed by atoms with Gasteiger partial charge in [0.2, 0.25) is 5.95 Å². The maximum atomic E-state index is 5.89. The number of hydrogen-bond acceptors (Lipinski definition) is 5. The molecule has 6 heteroatoms. The second kappa shape index (κ2) is 8.99. The Bertz CT molecular complexity index is 777. The van der Waals surface area contributed by atoms with Crippen LogP contribution in [0.15, 0.2) is 60.8 Å². The molecule has 3 aromatic rings. The van der Waals surface area contributed by atoms with Crippen molar-refractivity contribution < 1.29 is 0 Å². The van der Waals surface area contributed by atoms with E-state index in [0.717, 1.165) is 35.8 Å². The summed E-state index contributed by atoms with van der Waals surface area (Å²) in [6.45, 7) is 1.46. The van der Waals surface area contributed by atoms with E-state index < -0.39 is 0 Å². The van der Waals surface area contributed by atoms with Crippen LogP contribution < -0.4 is 10.6 Å². The molecule has 1 aromatic heterocycles. The van der Waals surface area contributed by atoms with Gasteiger partial charge < -0.3 is 10.6 Å². The second-order valence-electron chi connectivity index (χ2n) is 5.66. The van der Waals surface area contributed by atoms with Crippen LogP contribution >= 0.6 is 11.6 Å². The zero-order chi connectivity index (χ0) is 17.3. The fourth-order valence-corrected chi connectivity index (χ4v) is 2.53. The molecular weight excluding hydrogens is 334 g/mol. The van der Waals surface area contributed by atoms with Gasteiger partial charge in [0.05, 0.1) is 6.20 Å². The van der Waals surface area contributed by atoms with E-state index in [4.69, 9.17) is 11.6 Å². The first-order valence-electron chi connectivity index (χ1n) is 8.25. The number of nitrogens with zero attached hydrogens (tertiary/aromatic N) is 3. The molecule has 128 valence electrons. The van der Waals surface area contributed by atoms with E-state index in [0.29, 0.717) is 12.5 Å². The van der Waals surface area contributed by atoms with Crippen LogP contribution in [0.3, 0.4) is 0 Å². The predicted molar refractivity (Wildman–Crippen MR) is 102 cm³/mol. The van der Waals surface area contributed by atoms with Crippen molar-refractivity contribution in [3.8, 4) is 0 Å². The van der Waals surface area contributed by atoms with Gasteiger partial charge in [0.25, 0.3) is 0 Å². The highest BCUT2D eigenvalue weighted by molar-refractivity contribution is 6.30. The van der Waals surface area contributed by atoms with Gasteiger partial charge >= 0.3 is 0 Å². The van der Waals surface area contributed by atoms with Crippen molar-refractivity contribution >= 4 is 23.4 Å². The van der Waals surface area contributed by atoms with Crippen LogP contribution in [0.25, 0.3) is 0 Å². The molecule has 0 atom stereocenters. The molecule has 1 heterocycles. The number of halogens is 1. The van der Waals surface area contributed by atoms with Gasteiger partial charge in [0, 0.05) is 18.1 Å². The molecule has 0 spiro atoms. The molecule has 3 rings (SSSR count). The van der Waals surface area contributed by atoms with Crippen LogP contribution in [-0.2, 0) is 13.0 Å². The van der Waals surface area contributed by atoms with Crippen molar-refractivity contribution in [2.45, 2.75) is 19.4 Å². The molecule has 0 bridgehead atoms. The largest absolute Gasteiger partial charge is 0.369 e. The number of anilines is 2. The van der Waals surface area contributed by atoms with Crippen LogP contribution in [0.4, 0.5) is 11.8 Å². The Morgan fingerprint density at radius 3 is 2.48 bits per heavy atom. The van der Waals surface area contributed by atoms with Crippen molar-refractivity contribution in [2.24, 2.45) is 0 Å². The van der Waals surface area contributed by atoms with Gasteiger partial charge in [0.1, 0.15) is 5.82 Å². The topological polar surface area (TPSA) is 62.7 Å². The van der Waals surface area contributed by atoms with Gasteiger partial charge in [-0.15, -0.1) is 5.10 Å². The fraction of sp³-hybridized carbons (Fsp3) is 0.211. The summed E-state index contributed by atoms with van der Waals surface area (Å²) in [5, 5.41) is 15.2. The van der Waals surface area contributed by atoms with E-state index in [1.165, 1.54) is 5.56 Å². The minimum absolute atomic E-state index is 0.503. The minimum atomic E-state index is 0.503. The van der Waals surface area contributed by atoms with E-state index in [-0.39, 0.29) is 0 Å². The third-order valence-electron chi connectivity index (χ3n) is 3.71. The lowest BCUT2D eigenvalue weighted by Gasteiger charge is -2.08. The SMILES string of the molecule is Clc1ccc(CNc2nncc(NCCCc3ccccc3)n2)cc1. The summed E-state index contributed by atoms with van der Waals surface area (Å²) in [6, 6.07) is 18.1. The number of rotatable bonds is 8. The summed E-state index contributed by atoms with van der Waals surface area (Å²) in [4.78, 5) is 4.43. The van der Waals surface area contributed by atoms with Crippen molar-refractivity contribution in [2.75, 3.05) is 17.2 Å². The molecule has 0 unspecified atom stereocenters. The Morgan fingerprint density at radius 1 is 0.880 bits per heavy atom. The molecule has 5 nitrogen and oxygen atoms in total. The van der Waals surface area contributed by atoms with Crippen LogP contribution in [-0.4, -0.2) is 21.7 Å². The summed E-state index contributed by atoms with van der Waals surface area (Å²) in [7, 11) is 0. The lowest BCUT2D eigenvalue weighted by molar-refractivity contribution is 0.851. The molecule has 25 heavy (non-hydrogen) atoms. The summed E-state index contributed by atoms with van der Waals surface area (Å²) >= 11 is 5.89. The smallest absolute Gasteiger partial charge is 0.244 e. The van der Waals surface area contributed by atoms with Crippen LogP contribution in [0.1, 0.15) is 17.5 Å². The molecule has 0 aliphatic rings. The Labute approximate surface area is 152 Å². The Kier molecular flexibility index (Phi) is 6.17. The molecule has 2 N–H and O–H groups in total. The molecule has 0 radical (unpaired) electrons. The van der Waals surface area contributed by atoms with Crippen molar-refractivity contribution in [3.05, 3.63) is 76.9 Å². The van der Waals surface area contributed by atoms with Crippen LogP contribution in [0.2, 0.25) is 5.02 Å². The van der Waals surface area contributed by atoms with E-state index in [2.05, 4.69) is 50.1 Å². The minimum Gasteiger partial charge on any atom is -0.369 e. The Morgan fingerprint density at radius 2 is 1.68 bits per heavy atom. The molecule has 0 aliphatic carbocycles. The molecule has 0 amide bonds. The zero-order valence-electron chi connectivity index (χ0n) is 13.8. The molecular formula is C19H20ClN5.